The van der Waals surface area contributed by atoms with E-state index in [1.54, 1.807) is 0 Å². The van der Waals surface area contributed by atoms with E-state index in [1.807, 2.05) is 6.92 Å². The van der Waals surface area contributed by atoms with Gasteiger partial charge in [-0.3, -0.25) is 4.79 Å². The van der Waals surface area contributed by atoms with Crippen molar-refractivity contribution in [2.24, 2.45) is 45.8 Å². The molecule has 4 aliphatic carbocycles. The highest BCUT2D eigenvalue weighted by molar-refractivity contribution is 5.90. The summed E-state index contributed by atoms with van der Waals surface area (Å²) < 4.78 is 5.94. The van der Waals surface area contributed by atoms with Crippen LogP contribution in [0.25, 0.3) is 0 Å². The molecule has 0 aromatic carbocycles. The van der Waals surface area contributed by atoms with Crippen molar-refractivity contribution in [3.63, 3.8) is 0 Å². The second-order valence-corrected chi connectivity index (χ2v) is 9.62. The fourth-order valence-electron chi connectivity index (χ4n) is 7.92. The Bertz CT molecular complexity index is 667. The Balaban J connectivity index is 1.99. The monoisotopic (exact) mass is 360 g/mol. The van der Waals surface area contributed by atoms with Crippen molar-refractivity contribution >= 4 is 12.3 Å². The van der Waals surface area contributed by atoms with Gasteiger partial charge in [-0.15, -0.1) is 0 Å². The highest BCUT2D eigenvalue weighted by atomic mass is 16.5. The Morgan fingerprint density at radius 1 is 1.38 bits per heavy atom. The summed E-state index contributed by atoms with van der Waals surface area (Å²) in [6.07, 6.45) is 6.98. The lowest BCUT2D eigenvalue weighted by Gasteiger charge is -2.58. The summed E-state index contributed by atoms with van der Waals surface area (Å²) in [5.74, 6) is 0.692. The Hall–Kier alpha value is -1.16. The molecule has 0 aromatic rings. The van der Waals surface area contributed by atoms with E-state index >= 15 is 0 Å². The van der Waals surface area contributed by atoms with Crippen molar-refractivity contribution < 1.29 is 19.4 Å². The summed E-state index contributed by atoms with van der Waals surface area (Å²) in [4.78, 5) is 25.8. The normalized spacial score (nSPS) is 48.6. The number of hydrogen-bond donors (Lipinski definition) is 1. The first-order valence-corrected chi connectivity index (χ1v) is 10.3. The van der Waals surface area contributed by atoms with Gasteiger partial charge in [0.25, 0.3) is 0 Å². The van der Waals surface area contributed by atoms with Gasteiger partial charge in [-0.25, -0.2) is 0 Å². The molecule has 0 radical (unpaired) electrons. The molecule has 26 heavy (non-hydrogen) atoms. The van der Waals surface area contributed by atoms with Crippen LogP contribution in [0.1, 0.15) is 53.4 Å². The summed E-state index contributed by atoms with van der Waals surface area (Å²) in [5.41, 5.74) is -1.32. The number of hydrogen-bond acceptors (Lipinski definition) is 3. The summed E-state index contributed by atoms with van der Waals surface area (Å²) in [7, 11) is 0. The molecule has 4 aliphatic rings. The minimum Gasteiger partial charge on any atom is -0.481 e. The zero-order valence-corrected chi connectivity index (χ0v) is 16.5. The molecule has 0 aliphatic heterocycles. The maximum atomic E-state index is 13.1. The van der Waals surface area contributed by atoms with Crippen LogP contribution in [0.15, 0.2) is 11.6 Å². The lowest BCUT2D eigenvalue weighted by Crippen LogP contribution is -2.63. The molecule has 144 valence electrons. The quantitative estimate of drug-likeness (QED) is 0.575. The van der Waals surface area contributed by atoms with E-state index in [-0.39, 0.29) is 17.8 Å². The fourth-order valence-corrected chi connectivity index (χ4v) is 7.92. The van der Waals surface area contributed by atoms with Crippen LogP contribution in [-0.2, 0) is 14.3 Å². The number of ether oxygens (including phenoxy) is 1. The van der Waals surface area contributed by atoms with Gasteiger partial charge >= 0.3 is 5.97 Å². The third kappa shape index (κ3) is 1.71. The number of carbonyl (C=O) groups is 2. The number of aldehydes is 1. The lowest BCUT2D eigenvalue weighted by atomic mass is 9.43. The van der Waals surface area contributed by atoms with Crippen molar-refractivity contribution in [2.75, 3.05) is 13.2 Å². The highest BCUT2D eigenvalue weighted by Crippen LogP contribution is 2.82. The Labute approximate surface area is 156 Å². The molecule has 7 atom stereocenters. The predicted octanol–water partition coefficient (Wildman–Crippen LogP) is 3.95. The van der Waals surface area contributed by atoms with Crippen LogP contribution in [0.3, 0.4) is 0 Å². The fraction of sp³-hybridized carbons (Fsp3) is 0.818. The zero-order valence-electron chi connectivity index (χ0n) is 16.5. The van der Waals surface area contributed by atoms with E-state index in [9.17, 15) is 14.7 Å². The van der Waals surface area contributed by atoms with E-state index in [1.165, 1.54) is 0 Å². The van der Waals surface area contributed by atoms with Gasteiger partial charge in [0.2, 0.25) is 0 Å². The molecule has 0 aromatic heterocycles. The number of aliphatic carboxylic acids is 1. The van der Waals surface area contributed by atoms with Crippen LogP contribution in [0.4, 0.5) is 0 Å². The molecule has 4 unspecified atom stereocenters. The molecule has 0 heterocycles. The van der Waals surface area contributed by atoms with Crippen molar-refractivity contribution in [1.29, 1.82) is 0 Å². The smallest absolute Gasteiger partial charge is 0.315 e. The van der Waals surface area contributed by atoms with Gasteiger partial charge in [0, 0.05) is 12.0 Å². The van der Waals surface area contributed by atoms with Crippen LogP contribution in [-0.4, -0.2) is 30.6 Å². The largest absolute Gasteiger partial charge is 0.481 e. The second-order valence-electron chi connectivity index (χ2n) is 9.62. The average Bonchev–Trinajstić information content (AvgIpc) is 3.17. The summed E-state index contributed by atoms with van der Waals surface area (Å²) in [5, 5.41) is 10.7. The maximum Gasteiger partial charge on any atom is 0.315 e. The van der Waals surface area contributed by atoms with Gasteiger partial charge < -0.3 is 14.6 Å². The molecule has 0 spiro atoms. The molecule has 1 N–H and O–H groups in total. The topological polar surface area (TPSA) is 63.6 Å². The molecular weight excluding hydrogens is 328 g/mol. The standard InChI is InChI=1S/C22H32O4/c1-5-26-12-21-10-16-14(4)6-7-17(16)20(11-23)9-15(21)8-18(13(2)3)22(20,21)19(24)25/h8,11,13-17H,5-7,9-10,12H2,1-4H3,(H,24,25)/t14?,15?,16?,17?,20-,21+,22-/m0/s1. The van der Waals surface area contributed by atoms with Crippen molar-refractivity contribution in [2.45, 2.75) is 53.4 Å². The van der Waals surface area contributed by atoms with Gasteiger partial charge in [0.1, 0.15) is 11.7 Å². The first-order valence-electron chi connectivity index (χ1n) is 10.3. The van der Waals surface area contributed by atoms with Gasteiger partial charge in [0.15, 0.2) is 0 Å². The third-order valence-corrected chi connectivity index (χ3v) is 8.69. The third-order valence-electron chi connectivity index (χ3n) is 8.69. The molecule has 0 amide bonds. The van der Waals surface area contributed by atoms with E-state index in [4.69, 9.17) is 4.74 Å². The van der Waals surface area contributed by atoms with Crippen LogP contribution >= 0.6 is 0 Å². The van der Waals surface area contributed by atoms with Crippen LogP contribution in [0, 0.1) is 45.8 Å². The molecule has 0 saturated heterocycles. The second kappa shape index (κ2) is 5.67. The van der Waals surface area contributed by atoms with Gasteiger partial charge in [-0.05, 0) is 55.8 Å². The number of carbonyl (C=O) groups excluding carboxylic acids is 1. The van der Waals surface area contributed by atoms with Crippen molar-refractivity contribution in [3.8, 4) is 0 Å². The van der Waals surface area contributed by atoms with Crippen LogP contribution in [0.5, 0.6) is 0 Å². The average molecular weight is 360 g/mol. The molecule has 4 bridgehead atoms. The maximum absolute atomic E-state index is 13.1. The van der Waals surface area contributed by atoms with Crippen LogP contribution < -0.4 is 0 Å². The van der Waals surface area contributed by atoms with E-state index < -0.39 is 22.2 Å². The minimum atomic E-state index is -1.08. The van der Waals surface area contributed by atoms with Gasteiger partial charge in [-0.2, -0.15) is 0 Å². The summed E-state index contributed by atoms with van der Waals surface area (Å²) in [6.45, 7) is 9.45. The molecule has 4 heteroatoms. The van der Waals surface area contributed by atoms with Crippen molar-refractivity contribution in [1.82, 2.24) is 0 Å². The SMILES string of the molecule is CCOC[C@]12CC3C(C)CCC3[C@@]3(C=O)CC1C=C(C(C)C)[C@@]23C(=O)O. The first kappa shape index (κ1) is 18.2. The number of carboxylic acid groups (broad SMARTS) is 1. The summed E-state index contributed by atoms with van der Waals surface area (Å²) >= 11 is 0. The molecular formula is C22H32O4. The van der Waals surface area contributed by atoms with Gasteiger partial charge in [-0.1, -0.05) is 38.8 Å². The zero-order chi connectivity index (χ0) is 18.9. The number of allylic oxidation sites excluding steroid dienone is 1. The molecule has 3 fully saturated rings. The molecule has 4 nitrogen and oxygen atoms in total. The first-order chi connectivity index (χ1) is 12.3. The van der Waals surface area contributed by atoms with Crippen LogP contribution in [0.2, 0.25) is 0 Å². The Morgan fingerprint density at radius 3 is 2.69 bits per heavy atom. The Kier molecular flexibility index (Phi) is 3.97. The predicted molar refractivity (Wildman–Crippen MR) is 98.5 cm³/mol. The van der Waals surface area contributed by atoms with E-state index in [0.717, 1.165) is 31.1 Å². The molecule has 4 rings (SSSR count). The molecule has 3 saturated carbocycles. The number of rotatable bonds is 6. The van der Waals surface area contributed by atoms with E-state index in [0.29, 0.717) is 31.5 Å². The minimum absolute atomic E-state index is 0.132. The number of fused-ring (bicyclic) bond motifs is 2. The Morgan fingerprint density at radius 2 is 2.12 bits per heavy atom. The van der Waals surface area contributed by atoms with E-state index in [2.05, 4.69) is 26.8 Å². The van der Waals surface area contributed by atoms with Crippen molar-refractivity contribution in [3.05, 3.63) is 11.6 Å². The lowest BCUT2D eigenvalue weighted by molar-refractivity contribution is -0.186. The number of carboxylic acids is 1. The summed E-state index contributed by atoms with van der Waals surface area (Å²) in [6, 6.07) is 0. The highest BCUT2D eigenvalue weighted by Gasteiger charge is 2.84. The van der Waals surface area contributed by atoms with Gasteiger partial charge in [0.05, 0.1) is 12.0 Å².